The van der Waals surface area contributed by atoms with Gasteiger partial charge in [-0.3, -0.25) is 0 Å². The van der Waals surface area contributed by atoms with Gasteiger partial charge in [0.15, 0.2) is 5.82 Å². The van der Waals surface area contributed by atoms with Crippen molar-refractivity contribution in [2.45, 2.75) is 0 Å². The van der Waals surface area contributed by atoms with Crippen molar-refractivity contribution < 1.29 is 0 Å². The summed E-state index contributed by atoms with van der Waals surface area (Å²) in [5.74, 6) is 0.689. The van der Waals surface area contributed by atoms with Gasteiger partial charge in [-0.05, 0) is 105 Å². The summed E-state index contributed by atoms with van der Waals surface area (Å²) in [6.45, 7) is 0. The molecule has 0 spiro atoms. The molecule has 13 aromatic rings. The summed E-state index contributed by atoms with van der Waals surface area (Å²) in [5, 5.41) is 12.3. The highest BCUT2D eigenvalue weighted by molar-refractivity contribution is 6.28. The number of rotatable bonds is 5. The quantitative estimate of drug-likeness (QED) is 0.174. The molecule has 4 nitrogen and oxygen atoms in total. The average molecular weight is 789 g/mol. The summed E-state index contributed by atoms with van der Waals surface area (Å²) < 4.78 is 4.76. The van der Waals surface area contributed by atoms with Crippen LogP contribution in [0, 0.1) is 0 Å². The predicted octanol–water partition coefficient (Wildman–Crippen LogP) is 15.1. The molecule has 0 bridgehead atoms. The van der Waals surface area contributed by atoms with Gasteiger partial charge in [0.25, 0.3) is 0 Å². The smallest absolute Gasteiger partial charge is 0.160 e. The lowest BCUT2D eigenvalue weighted by atomic mass is 10.00. The lowest BCUT2D eigenvalue weighted by Crippen LogP contribution is -1.97. The van der Waals surface area contributed by atoms with Crippen molar-refractivity contribution in [1.82, 2.24) is 19.1 Å². The van der Waals surface area contributed by atoms with Crippen LogP contribution in [-0.2, 0) is 0 Å². The van der Waals surface area contributed by atoms with E-state index >= 15 is 0 Å². The Kier molecular flexibility index (Phi) is 7.57. The molecule has 0 fully saturated rings. The Hall–Kier alpha value is -8.34. The molecule has 0 aliphatic rings. The molecule has 0 saturated carbocycles. The van der Waals surface area contributed by atoms with Crippen molar-refractivity contribution in [1.29, 1.82) is 0 Å². The van der Waals surface area contributed by atoms with Crippen molar-refractivity contribution in [3.63, 3.8) is 0 Å². The Labute approximate surface area is 357 Å². The fourth-order valence-electron chi connectivity index (χ4n) is 9.80. The zero-order valence-corrected chi connectivity index (χ0v) is 33.6. The molecule has 3 heterocycles. The Bertz CT molecular complexity index is 3820. The molecule has 0 saturated heterocycles. The van der Waals surface area contributed by atoms with Crippen molar-refractivity contribution in [3.8, 4) is 45.3 Å². The van der Waals surface area contributed by atoms with E-state index in [1.165, 1.54) is 70.4 Å². The van der Waals surface area contributed by atoms with Crippen LogP contribution < -0.4 is 0 Å². The maximum atomic E-state index is 5.35. The van der Waals surface area contributed by atoms with Gasteiger partial charge in [0.05, 0.1) is 33.5 Å². The minimum absolute atomic E-state index is 0.689. The van der Waals surface area contributed by atoms with E-state index in [4.69, 9.17) is 9.97 Å². The second-order valence-corrected chi connectivity index (χ2v) is 16.2. The largest absolute Gasteiger partial charge is 0.309 e. The van der Waals surface area contributed by atoms with E-state index in [1.54, 1.807) is 0 Å². The van der Waals surface area contributed by atoms with Crippen molar-refractivity contribution in [2.24, 2.45) is 0 Å². The first kappa shape index (κ1) is 34.5. The van der Waals surface area contributed by atoms with Gasteiger partial charge in [0.2, 0.25) is 0 Å². The molecule has 288 valence electrons. The highest BCUT2D eigenvalue weighted by Crippen LogP contribution is 2.41. The first-order chi connectivity index (χ1) is 30.7. The topological polar surface area (TPSA) is 35.6 Å². The lowest BCUT2D eigenvalue weighted by molar-refractivity contribution is 1.17. The van der Waals surface area contributed by atoms with Crippen LogP contribution in [0.5, 0.6) is 0 Å². The number of nitrogens with zero attached hydrogens (tertiary/aromatic N) is 4. The van der Waals surface area contributed by atoms with Gasteiger partial charge in [0.1, 0.15) is 0 Å². The molecule has 62 heavy (non-hydrogen) atoms. The third-order valence-electron chi connectivity index (χ3n) is 12.7. The normalized spacial score (nSPS) is 11.9. The summed E-state index contributed by atoms with van der Waals surface area (Å²) in [6, 6.07) is 78.5. The molecule has 0 amide bonds. The van der Waals surface area contributed by atoms with Crippen LogP contribution in [0.15, 0.2) is 218 Å². The molecule has 0 atom stereocenters. The molecule has 0 N–H and O–H groups in total. The number of hydrogen-bond acceptors (Lipinski definition) is 2. The summed E-state index contributed by atoms with van der Waals surface area (Å²) in [6.07, 6.45) is 0. The minimum Gasteiger partial charge on any atom is -0.309 e. The van der Waals surface area contributed by atoms with Crippen molar-refractivity contribution >= 4 is 75.9 Å². The van der Waals surface area contributed by atoms with Crippen LogP contribution in [0.1, 0.15) is 0 Å². The van der Waals surface area contributed by atoms with E-state index in [1.807, 2.05) is 0 Å². The Morgan fingerprint density at radius 3 is 1.47 bits per heavy atom. The molecular weight excluding hydrogens is 753 g/mol. The molecule has 0 radical (unpaired) electrons. The summed E-state index contributed by atoms with van der Waals surface area (Å²) in [7, 11) is 0. The van der Waals surface area contributed by atoms with Crippen LogP contribution in [0.2, 0.25) is 0 Å². The maximum Gasteiger partial charge on any atom is 0.160 e. The summed E-state index contributed by atoms with van der Waals surface area (Å²) >= 11 is 0. The summed E-state index contributed by atoms with van der Waals surface area (Å²) in [5.41, 5.74) is 11.7. The van der Waals surface area contributed by atoms with Gasteiger partial charge in [0, 0.05) is 49.6 Å². The van der Waals surface area contributed by atoms with Gasteiger partial charge in [-0.25, -0.2) is 9.97 Å². The molecule has 0 aliphatic carbocycles. The Morgan fingerprint density at radius 2 is 0.758 bits per heavy atom. The van der Waals surface area contributed by atoms with Crippen molar-refractivity contribution in [2.75, 3.05) is 0 Å². The van der Waals surface area contributed by atoms with Crippen LogP contribution in [-0.4, -0.2) is 19.1 Å². The lowest BCUT2D eigenvalue weighted by Gasteiger charge is -2.12. The van der Waals surface area contributed by atoms with Crippen LogP contribution >= 0.6 is 0 Å². The van der Waals surface area contributed by atoms with E-state index in [9.17, 15) is 0 Å². The average Bonchev–Trinajstić information content (AvgIpc) is 3.87. The van der Waals surface area contributed by atoms with Gasteiger partial charge >= 0.3 is 0 Å². The molecule has 10 aromatic carbocycles. The Morgan fingerprint density at radius 1 is 0.274 bits per heavy atom. The number of fused-ring (bicyclic) bond motifs is 11. The molecular formula is C58H36N4. The standard InChI is InChI=1S/C58H36N4/c1-2-16-44(17-3-1)61-52-21-11-10-20-48(52)49-35-43(28-31-53(49)61)58-59-50(36-51(60-58)42-23-22-37-12-4-5-15-41(37)34-42)40-24-29-45(30-25-40)62-54-32-26-38-13-6-8-18-46(38)56(54)57-47-19-9-7-14-39(47)27-33-55(57)62/h1-36H. The van der Waals surface area contributed by atoms with Crippen molar-refractivity contribution in [3.05, 3.63) is 218 Å². The van der Waals surface area contributed by atoms with E-state index in [-0.39, 0.29) is 0 Å². The van der Waals surface area contributed by atoms with Gasteiger partial charge in [-0.2, -0.15) is 0 Å². The van der Waals surface area contributed by atoms with E-state index in [0.29, 0.717) is 5.82 Å². The number of aromatic nitrogens is 4. The second kappa shape index (κ2) is 13.6. The molecule has 0 unspecified atom stereocenters. The van der Waals surface area contributed by atoms with E-state index in [0.717, 1.165) is 45.0 Å². The van der Waals surface area contributed by atoms with Crippen LogP contribution in [0.25, 0.3) is 121 Å². The first-order valence-electron chi connectivity index (χ1n) is 21.2. The van der Waals surface area contributed by atoms with E-state index < -0.39 is 0 Å². The SMILES string of the molecule is c1ccc(-n2c3ccccc3c3cc(-c4nc(-c5ccc(-n6c7ccc8ccccc8c7c7c8ccccc8ccc76)cc5)cc(-c5ccc6ccccc6c5)n4)ccc32)cc1. The highest BCUT2D eigenvalue weighted by atomic mass is 15.0. The fourth-order valence-corrected chi connectivity index (χ4v) is 9.80. The number of hydrogen-bond donors (Lipinski definition) is 0. The van der Waals surface area contributed by atoms with Crippen LogP contribution in [0.4, 0.5) is 0 Å². The third kappa shape index (κ3) is 5.33. The predicted molar refractivity (Wildman–Crippen MR) is 260 cm³/mol. The van der Waals surface area contributed by atoms with Crippen LogP contribution in [0.3, 0.4) is 0 Å². The molecule has 13 rings (SSSR count). The molecule has 0 aliphatic heterocycles. The Balaban J connectivity index is 0.992. The maximum absolute atomic E-state index is 5.35. The van der Waals surface area contributed by atoms with Gasteiger partial charge < -0.3 is 9.13 Å². The number of para-hydroxylation sites is 2. The van der Waals surface area contributed by atoms with Gasteiger partial charge in [-0.1, -0.05) is 146 Å². The minimum atomic E-state index is 0.689. The molecule has 4 heteroatoms. The van der Waals surface area contributed by atoms with E-state index in [2.05, 4.69) is 228 Å². The fraction of sp³-hybridized carbons (Fsp3) is 0. The third-order valence-corrected chi connectivity index (χ3v) is 12.7. The molecule has 3 aromatic heterocycles. The van der Waals surface area contributed by atoms with Gasteiger partial charge in [-0.15, -0.1) is 0 Å². The first-order valence-corrected chi connectivity index (χ1v) is 21.2. The monoisotopic (exact) mass is 788 g/mol. The second-order valence-electron chi connectivity index (χ2n) is 16.2. The highest BCUT2D eigenvalue weighted by Gasteiger charge is 2.19. The zero-order valence-electron chi connectivity index (χ0n) is 33.6. The number of benzene rings is 10. The summed E-state index contributed by atoms with van der Waals surface area (Å²) in [4.78, 5) is 10.7. The zero-order chi connectivity index (χ0) is 40.7.